The van der Waals surface area contributed by atoms with Crippen LogP contribution in [0.15, 0.2) is 47.4 Å². The quantitative estimate of drug-likeness (QED) is 0.905. The van der Waals surface area contributed by atoms with Crippen molar-refractivity contribution in [3.63, 3.8) is 0 Å². The van der Waals surface area contributed by atoms with Crippen molar-refractivity contribution in [2.75, 3.05) is 11.6 Å². The number of amides is 2. The summed E-state index contributed by atoms with van der Waals surface area (Å²) >= 11 is 0. The Morgan fingerprint density at radius 2 is 2.04 bits per heavy atom. The summed E-state index contributed by atoms with van der Waals surface area (Å²) in [4.78, 5) is 12.2. The first kappa shape index (κ1) is 15.7. The highest BCUT2D eigenvalue weighted by atomic mass is 32.2. The molecule has 23 heavy (non-hydrogen) atoms. The molecule has 1 aliphatic carbocycles. The molecule has 2 N–H and O–H groups in total. The summed E-state index contributed by atoms with van der Waals surface area (Å²) in [5.41, 5.74) is 2.71. The number of carbonyl (C=O) groups is 1. The second-order valence-corrected chi connectivity index (χ2v) is 6.84. The minimum atomic E-state index is -1.39. The number of aryl methyl sites for hydroxylation is 1. The van der Waals surface area contributed by atoms with Gasteiger partial charge in [0.25, 0.3) is 0 Å². The van der Waals surface area contributed by atoms with Gasteiger partial charge in [0.2, 0.25) is 0 Å². The lowest BCUT2D eigenvalue weighted by Gasteiger charge is -2.15. The molecule has 2 aromatic carbocycles. The van der Waals surface area contributed by atoms with Gasteiger partial charge in [-0.2, -0.15) is 0 Å². The van der Waals surface area contributed by atoms with E-state index in [2.05, 4.69) is 16.7 Å². The lowest BCUT2D eigenvalue weighted by molar-refractivity contribution is 0.248. The molecule has 0 bridgehead atoms. The second-order valence-electron chi connectivity index (χ2n) is 5.49. The van der Waals surface area contributed by atoms with Crippen molar-refractivity contribution < 1.29 is 13.4 Å². The molecule has 0 saturated heterocycles. The van der Waals surface area contributed by atoms with E-state index in [-0.39, 0.29) is 17.0 Å². The van der Waals surface area contributed by atoms with Gasteiger partial charge in [0.1, 0.15) is 5.82 Å². The Hall–Kier alpha value is -2.21. The molecule has 4 nitrogen and oxygen atoms in total. The maximum absolute atomic E-state index is 13.8. The van der Waals surface area contributed by atoms with Gasteiger partial charge in [0, 0.05) is 11.9 Å². The van der Waals surface area contributed by atoms with E-state index in [1.54, 1.807) is 6.07 Å². The Morgan fingerprint density at radius 3 is 2.78 bits per heavy atom. The van der Waals surface area contributed by atoms with Crippen LogP contribution in [0.4, 0.5) is 14.9 Å². The Labute approximate surface area is 136 Å². The molecule has 1 aliphatic rings. The number of nitrogens with one attached hydrogen (secondary N) is 2. The highest BCUT2D eigenvalue weighted by Gasteiger charge is 2.23. The van der Waals surface area contributed by atoms with Crippen LogP contribution in [0.2, 0.25) is 0 Å². The average Bonchev–Trinajstić information content (AvgIpc) is 2.90. The highest BCUT2D eigenvalue weighted by Crippen LogP contribution is 2.30. The number of hydrogen-bond donors (Lipinski definition) is 2. The highest BCUT2D eigenvalue weighted by molar-refractivity contribution is 7.84. The Morgan fingerprint density at radius 1 is 1.26 bits per heavy atom. The molecule has 0 unspecified atom stereocenters. The Balaban J connectivity index is 1.67. The summed E-state index contributed by atoms with van der Waals surface area (Å²) < 4.78 is 25.1. The monoisotopic (exact) mass is 332 g/mol. The molecule has 0 radical (unpaired) electrons. The van der Waals surface area contributed by atoms with Crippen molar-refractivity contribution in [3.8, 4) is 0 Å². The van der Waals surface area contributed by atoms with Gasteiger partial charge in [0.15, 0.2) is 0 Å². The topological polar surface area (TPSA) is 58.2 Å². The number of urea groups is 1. The molecular formula is C17H17FN2O2S. The van der Waals surface area contributed by atoms with Crippen LogP contribution in [0.5, 0.6) is 0 Å². The molecule has 2 atom stereocenters. The van der Waals surface area contributed by atoms with Crippen molar-refractivity contribution in [2.24, 2.45) is 0 Å². The SMILES string of the molecule is C[S@](=O)c1ccc(NC(=O)N[C@H]2CCc3ccccc32)cc1F. The standard InChI is InChI=1S/C17H17FN2O2S/c1-23(22)16-9-7-12(10-14(16)18)19-17(21)20-15-8-6-11-4-2-3-5-13(11)15/h2-5,7,9-10,15H,6,8H2,1H3,(H2,19,20,21)/t15-,23-/m0/s1. The minimum absolute atomic E-state index is 0.0292. The van der Waals surface area contributed by atoms with Crippen LogP contribution >= 0.6 is 0 Å². The first-order valence-electron chi connectivity index (χ1n) is 7.33. The summed E-state index contributed by atoms with van der Waals surface area (Å²) in [6, 6.07) is 11.8. The van der Waals surface area contributed by atoms with Crippen molar-refractivity contribution >= 4 is 22.5 Å². The van der Waals surface area contributed by atoms with E-state index in [0.29, 0.717) is 5.69 Å². The predicted octanol–water partition coefficient (Wildman–Crippen LogP) is 3.37. The van der Waals surface area contributed by atoms with Crippen LogP contribution in [-0.4, -0.2) is 16.5 Å². The fraction of sp³-hybridized carbons (Fsp3) is 0.235. The summed E-state index contributed by atoms with van der Waals surface area (Å²) in [5.74, 6) is -0.588. The molecule has 2 aromatic rings. The van der Waals surface area contributed by atoms with Crippen LogP contribution in [-0.2, 0) is 17.2 Å². The average molecular weight is 332 g/mol. The van der Waals surface area contributed by atoms with Crippen LogP contribution in [0, 0.1) is 5.82 Å². The summed E-state index contributed by atoms with van der Waals surface area (Å²) in [6.45, 7) is 0. The molecule has 0 spiro atoms. The number of carbonyl (C=O) groups excluding carboxylic acids is 1. The van der Waals surface area contributed by atoms with Gasteiger partial charge in [-0.15, -0.1) is 0 Å². The number of rotatable bonds is 3. The van der Waals surface area contributed by atoms with E-state index >= 15 is 0 Å². The predicted molar refractivity (Wildman–Crippen MR) is 88.4 cm³/mol. The zero-order valence-corrected chi connectivity index (χ0v) is 13.5. The van der Waals surface area contributed by atoms with Crippen molar-refractivity contribution in [2.45, 2.75) is 23.8 Å². The molecule has 3 rings (SSSR count). The maximum Gasteiger partial charge on any atom is 0.319 e. The second kappa shape index (κ2) is 6.50. The number of benzene rings is 2. The molecular weight excluding hydrogens is 315 g/mol. The zero-order chi connectivity index (χ0) is 16.4. The van der Waals surface area contributed by atoms with Crippen molar-refractivity contribution in [1.82, 2.24) is 5.32 Å². The molecule has 2 amide bonds. The van der Waals surface area contributed by atoms with E-state index in [1.807, 2.05) is 18.2 Å². The largest absolute Gasteiger partial charge is 0.331 e. The number of anilines is 1. The van der Waals surface area contributed by atoms with E-state index < -0.39 is 16.6 Å². The lowest BCUT2D eigenvalue weighted by atomic mass is 10.1. The lowest BCUT2D eigenvalue weighted by Crippen LogP contribution is -2.31. The molecule has 0 aliphatic heterocycles. The normalized spacial score (nSPS) is 17.4. The van der Waals surface area contributed by atoms with Crippen LogP contribution in [0.3, 0.4) is 0 Å². The molecule has 6 heteroatoms. The maximum atomic E-state index is 13.8. The van der Waals surface area contributed by atoms with E-state index in [4.69, 9.17) is 0 Å². The van der Waals surface area contributed by atoms with Crippen molar-refractivity contribution in [1.29, 1.82) is 0 Å². The zero-order valence-electron chi connectivity index (χ0n) is 12.6. The first-order valence-corrected chi connectivity index (χ1v) is 8.88. The van der Waals surface area contributed by atoms with Crippen molar-refractivity contribution in [3.05, 3.63) is 59.4 Å². The summed E-state index contributed by atoms with van der Waals surface area (Å²) in [6.07, 6.45) is 3.21. The van der Waals surface area contributed by atoms with E-state index in [9.17, 15) is 13.4 Å². The number of hydrogen-bond acceptors (Lipinski definition) is 2. The van der Waals surface area contributed by atoms with Gasteiger partial charge in [-0.25, -0.2) is 9.18 Å². The van der Waals surface area contributed by atoms with E-state index in [0.717, 1.165) is 18.4 Å². The Bertz CT molecular complexity index is 779. The van der Waals surface area contributed by atoms with Gasteiger partial charge in [-0.3, -0.25) is 4.21 Å². The third-order valence-electron chi connectivity index (χ3n) is 3.94. The summed E-state index contributed by atoms with van der Waals surface area (Å²) in [7, 11) is -1.39. The molecule has 0 saturated carbocycles. The molecule has 0 heterocycles. The third kappa shape index (κ3) is 3.42. The van der Waals surface area contributed by atoms with E-state index in [1.165, 1.54) is 24.0 Å². The smallest absolute Gasteiger partial charge is 0.319 e. The Kier molecular flexibility index (Phi) is 4.43. The van der Waals surface area contributed by atoms with Crippen LogP contribution in [0.1, 0.15) is 23.6 Å². The molecule has 0 aromatic heterocycles. The minimum Gasteiger partial charge on any atom is -0.331 e. The van der Waals surface area contributed by atoms with Gasteiger partial charge in [-0.05, 0) is 42.2 Å². The fourth-order valence-electron chi connectivity index (χ4n) is 2.84. The van der Waals surface area contributed by atoms with Crippen LogP contribution in [0.25, 0.3) is 0 Å². The third-order valence-corrected chi connectivity index (χ3v) is 4.89. The number of fused-ring (bicyclic) bond motifs is 1. The van der Waals surface area contributed by atoms with Gasteiger partial charge < -0.3 is 10.6 Å². The van der Waals surface area contributed by atoms with Gasteiger partial charge in [-0.1, -0.05) is 24.3 Å². The fourth-order valence-corrected chi connectivity index (χ4v) is 3.44. The molecule has 120 valence electrons. The van der Waals surface area contributed by atoms with Crippen LogP contribution < -0.4 is 10.6 Å². The number of halogens is 1. The van der Waals surface area contributed by atoms with Gasteiger partial charge >= 0.3 is 6.03 Å². The molecule has 0 fully saturated rings. The first-order chi connectivity index (χ1) is 11.0. The summed E-state index contributed by atoms with van der Waals surface area (Å²) in [5, 5.41) is 5.53. The van der Waals surface area contributed by atoms with Gasteiger partial charge in [0.05, 0.1) is 21.7 Å².